The minimum absolute atomic E-state index is 0.0455. The third-order valence-electron chi connectivity index (χ3n) is 5.57. The van der Waals surface area contributed by atoms with Crippen molar-refractivity contribution in [3.8, 4) is 0 Å². The van der Waals surface area contributed by atoms with E-state index in [-0.39, 0.29) is 17.7 Å². The molecule has 0 unspecified atom stereocenters. The van der Waals surface area contributed by atoms with E-state index >= 15 is 0 Å². The average molecular weight is 376 g/mol. The highest BCUT2D eigenvalue weighted by atomic mass is 32.1. The summed E-state index contributed by atoms with van der Waals surface area (Å²) in [5, 5.41) is 11.4. The van der Waals surface area contributed by atoms with Crippen molar-refractivity contribution in [1.82, 2.24) is 10.9 Å². The van der Waals surface area contributed by atoms with Gasteiger partial charge in [-0.05, 0) is 51.0 Å². The number of carboxylic acids is 1. The maximum Gasteiger partial charge on any atom is 0.307 e. The third kappa shape index (κ3) is 3.16. The highest BCUT2D eigenvalue weighted by Gasteiger charge is 2.57. The lowest BCUT2D eigenvalue weighted by atomic mass is 9.79. The summed E-state index contributed by atoms with van der Waals surface area (Å²) >= 11 is 1.50. The van der Waals surface area contributed by atoms with Gasteiger partial charge < -0.3 is 5.11 Å². The molecule has 1 aromatic heterocycles. The van der Waals surface area contributed by atoms with E-state index in [0.29, 0.717) is 5.56 Å². The predicted molar refractivity (Wildman–Crippen MR) is 98.5 cm³/mol. The topological polar surface area (TPSA) is 95.5 Å². The number of hydrogen-bond donors (Lipinski definition) is 3. The van der Waals surface area contributed by atoms with Crippen LogP contribution in [0.4, 0.5) is 0 Å². The van der Waals surface area contributed by atoms with E-state index < -0.39 is 23.7 Å². The first-order valence-corrected chi connectivity index (χ1v) is 9.80. The van der Waals surface area contributed by atoms with Gasteiger partial charge in [0, 0.05) is 10.3 Å². The van der Waals surface area contributed by atoms with Gasteiger partial charge in [0.2, 0.25) is 5.91 Å². The number of allylic oxidation sites excluding steroid dienone is 2. The molecule has 1 aromatic rings. The van der Waals surface area contributed by atoms with Crippen LogP contribution in [0.5, 0.6) is 0 Å². The molecular formula is C19H24N2O4S. The van der Waals surface area contributed by atoms with Crippen molar-refractivity contribution < 1.29 is 19.5 Å². The van der Waals surface area contributed by atoms with Crippen molar-refractivity contribution >= 4 is 29.1 Å². The highest BCUT2D eigenvalue weighted by molar-refractivity contribution is 7.10. The lowest BCUT2D eigenvalue weighted by molar-refractivity contribution is -0.149. The molecule has 6 nitrogen and oxygen atoms in total. The van der Waals surface area contributed by atoms with Gasteiger partial charge in [-0.2, -0.15) is 0 Å². The first-order chi connectivity index (χ1) is 12.3. The van der Waals surface area contributed by atoms with Crippen molar-refractivity contribution in [2.24, 2.45) is 23.7 Å². The zero-order valence-corrected chi connectivity index (χ0v) is 16.0. The van der Waals surface area contributed by atoms with E-state index in [9.17, 15) is 19.5 Å². The Morgan fingerprint density at radius 1 is 1.15 bits per heavy atom. The molecule has 2 fully saturated rings. The number of carboxylic acid groups (broad SMARTS) is 1. The minimum Gasteiger partial charge on any atom is -0.481 e. The van der Waals surface area contributed by atoms with E-state index in [1.54, 1.807) is 11.4 Å². The Hall–Kier alpha value is -2.15. The van der Waals surface area contributed by atoms with Crippen molar-refractivity contribution in [3.05, 3.63) is 33.0 Å². The summed E-state index contributed by atoms with van der Waals surface area (Å²) in [4.78, 5) is 37.8. The van der Waals surface area contributed by atoms with Crippen LogP contribution in [0.1, 0.15) is 48.8 Å². The maximum atomic E-state index is 12.7. The molecule has 140 valence electrons. The van der Waals surface area contributed by atoms with E-state index in [0.717, 1.165) is 35.3 Å². The van der Waals surface area contributed by atoms with Gasteiger partial charge >= 0.3 is 5.97 Å². The molecule has 26 heavy (non-hydrogen) atoms. The summed E-state index contributed by atoms with van der Waals surface area (Å²) in [7, 11) is 0. The summed E-state index contributed by atoms with van der Waals surface area (Å²) < 4.78 is 0. The van der Waals surface area contributed by atoms with Crippen molar-refractivity contribution in [3.63, 3.8) is 0 Å². The molecule has 0 aliphatic heterocycles. The van der Waals surface area contributed by atoms with Gasteiger partial charge in [0.15, 0.2) is 0 Å². The molecule has 3 rings (SSSR count). The Kier molecular flexibility index (Phi) is 5.18. The van der Waals surface area contributed by atoms with Crippen LogP contribution in [-0.2, 0) is 16.0 Å². The molecule has 1 heterocycles. The molecule has 4 atom stereocenters. The Morgan fingerprint density at radius 2 is 1.81 bits per heavy atom. The molecule has 2 saturated carbocycles. The van der Waals surface area contributed by atoms with Crippen LogP contribution in [0.25, 0.3) is 0 Å². The van der Waals surface area contributed by atoms with Crippen LogP contribution >= 0.6 is 11.3 Å². The fourth-order valence-electron chi connectivity index (χ4n) is 4.56. The van der Waals surface area contributed by atoms with E-state index in [1.165, 1.54) is 11.3 Å². The van der Waals surface area contributed by atoms with Gasteiger partial charge in [-0.3, -0.25) is 25.2 Å². The smallest absolute Gasteiger partial charge is 0.307 e. The summed E-state index contributed by atoms with van der Waals surface area (Å²) in [6.45, 7) is 5.96. The number of aliphatic carboxylic acids is 1. The van der Waals surface area contributed by atoms with Crippen LogP contribution < -0.4 is 10.9 Å². The molecule has 2 amide bonds. The molecule has 0 spiro atoms. The monoisotopic (exact) mass is 376 g/mol. The van der Waals surface area contributed by atoms with Gasteiger partial charge in [-0.25, -0.2) is 0 Å². The first-order valence-electron chi connectivity index (χ1n) is 8.92. The second kappa shape index (κ2) is 7.23. The predicted octanol–water partition coefficient (Wildman–Crippen LogP) is 2.76. The lowest BCUT2D eigenvalue weighted by Gasteiger charge is -2.26. The van der Waals surface area contributed by atoms with Gasteiger partial charge in [0.05, 0.1) is 17.4 Å². The van der Waals surface area contributed by atoms with E-state index in [4.69, 9.17) is 0 Å². The van der Waals surface area contributed by atoms with Crippen LogP contribution in [0, 0.1) is 23.7 Å². The fraction of sp³-hybridized carbons (Fsp3) is 0.526. The van der Waals surface area contributed by atoms with E-state index in [1.807, 2.05) is 20.8 Å². The number of aryl methyl sites for hydroxylation is 1. The van der Waals surface area contributed by atoms with Gasteiger partial charge in [-0.1, -0.05) is 18.1 Å². The van der Waals surface area contributed by atoms with E-state index in [2.05, 4.69) is 10.9 Å². The third-order valence-corrected chi connectivity index (χ3v) is 6.65. The second-order valence-electron chi connectivity index (χ2n) is 7.23. The number of nitrogens with one attached hydrogen (secondary N) is 2. The number of hydrogen-bond acceptors (Lipinski definition) is 4. The normalized spacial score (nSPS) is 26.7. The van der Waals surface area contributed by atoms with Gasteiger partial charge in [0.25, 0.3) is 5.91 Å². The molecule has 0 radical (unpaired) electrons. The maximum absolute atomic E-state index is 12.7. The standard InChI is InChI=1S/C19H24N2O4S/c1-4-11-7-10(8-26-11)17(22)20-21-18(23)15-12-5-6-13(14(12)9(2)3)16(15)19(24)25/h7-8,12-13,15-16H,4-6H2,1-3H3,(H,20,22)(H,21,23)(H,24,25)/t12-,13-,15-,16+/m1/s1. The molecule has 2 aliphatic rings. The Balaban J connectivity index is 1.71. The second-order valence-corrected chi connectivity index (χ2v) is 8.23. The molecule has 0 aromatic carbocycles. The van der Waals surface area contributed by atoms with Crippen LogP contribution in [0.15, 0.2) is 22.6 Å². The molecular weight excluding hydrogens is 352 g/mol. The quantitative estimate of drug-likeness (QED) is 0.556. The largest absolute Gasteiger partial charge is 0.481 e. The summed E-state index contributed by atoms with van der Waals surface area (Å²) in [6.07, 6.45) is 2.49. The number of rotatable bonds is 4. The number of thiophene rings is 1. The SMILES string of the molecule is CCc1cc(C(=O)NNC(=O)[C@H]2[C@@H](C(=O)O)[C@@H]3CC[C@@H]2C3=C(C)C)cs1. The molecule has 3 N–H and O–H groups in total. The molecule has 0 saturated heterocycles. The molecule has 7 heteroatoms. The average Bonchev–Trinajstić information content (AvgIpc) is 3.30. The van der Waals surface area contributed by atoms with Gasteiger partial charge in [0.1, 0.15) is 0 Å². The Morgan fingerprint density at radius 3 is 2.35 bits per heavy atom. The minimum atomic E-state index is -0.937. The van der Waals surface area contributed by atoms with Crippen molar-refractivity contribution in [2.75, 3.05) is 0 Å². The zero-order chi connectivity index (χ0) is 19.0. The summed E-state index contributed by atoms with van der Waals surface area (Å²) in [6, 6.07) is 1.80. The number of fused-ring (bicyclic) bond motifs is 2. The zero-order valence-electron chi connectivity index (χ0n) is 15.2. The number of amides is 2. The lowest BCUT2D eigenvalue weighted by Crippen LogP contribution is -2.48. The summed E-state index contributed by atoms with van der Waals surface area (Å²) in [5.74, 6) is -3.20. The van der Waals surface area contributed by atoms with Gasteiger partial charge in [-0.15, -0.1) is 11.3 Å². The Bertz CT molecular complexity index is 778. The number of carbonyl (C=O) groups is 3. The fourth-order valence-corrected chi connectivity index (χ4v) is 5.38. The highest BCUT2D eigenvalue weighted by Crippen LogP contribution is 2.57. The number of carbonyl (C=O) groups excluding carboxylic acids is 2. The molecule has 2 aliphatic carbocycles. The summed E-state index contributed by atoms with van der Waals surface area (Å²) in [5.41, 5.74) is 7.62. The van der Waals surface area contributed by atoms with Crippen molar-refractivity contribution in [1.29, 1.82) is 0 Å². The molecule has 2 bridgehead atoms. The number of hydrazine groups is 1. The van der Waals surface area contributed by atoms with Crippen LogP contribution in [0.2, 0.25) is 0 Å². The Labute approximate surface area is 156 Å². The first kappa shape index (κ1) is 18.6. The van der Waals surface area contributed by atoms with Crippen LogP contribution in [0.3, 0.4) is 0 Å². The van der Waals surface area contributed by atoms with Crippen molar-refractivity contribution in [2.45, 2.75) is 40.0 Å². The van der Waals surface area contributed by atoms with Crippen LogP contribution in [-0.4, -0.2) is 22.9 Å².